The van der Waals surface area contributed by atoms with E-state index in [1.54, 1.807) is 12.1 Å². The van der Waals surface area contributed by atoms with Crippen LogP contribution in [0.1, 0.15) is 23.1 Å². The molecule has 0 bridgehead atoms. The summed E-state index contributed by atoms with van der Waals surface area (Å²) in [7, 11) is 0. The number of fused-ring (bicyclic) bond motifs is 1. The predicted molar refractivity (Wildman–Crippen MR) is 122 cm³/mol. The summed E-state index contributed by atoms with van der Waals surface area (Å²) in [5, 5.41) is 0.622. The van der Waals surface area contributed by atoms with Crippen LogP contribution in [0, 0.1) is 0 Å². The third-order valence-electron chi connectivity index (χ3n) is 5.84. The summed E-state index contributed by atoms with van der Waals surface area (Å²) >= 11 is 6.00. The highest BCUT2D eigenvalue weighted by molar-refractivity contribution is 6.36. The Bertz CT molecular complexity index is 1190. The number of halogens is 1. The van der Waals surface area contributed by atoms with Crippen molar-refractivity contribution in [2.75, 3.05) is 11.4 Å². The van der Waals surface area contributed by atoms with E-state index in [0.29, 0.717) is 22.8 Å². The number of imide groups is 1. The molecule has 0 aliphatic carbocycles. The molecule has 2 aliphatic rings. The molecule has 0 saturated carbocycles. The van der Waals surface area contributed by atoms with Gasteiger partial charge in [-0.15, -0.1) is 0 Å². The Morgan fingerprint density at radius 2 is 1.52 bits per heavy atom. The fourth-order valence-corrected chi connectivity index (χ4v) is 4.49. The molecule has 2 heterocycles. The number of carbonyl (C=O) groups excluding carboxylic acids is 2. The summed E-state index contributed by atoms with van der Waals surface area (Å²) in [4.78, 5) is 30.6. The molecule has 3 aromatic rings. The first-order chi connectivity index (χ1) is 15.1. The zero-order valence-electron chi connectivity index (χ0n) is 16.9. The van der Waals surface area contributed by atoms with Gasteiger partial charge in [-0.1, -0.05) is 72.3 Å². The van der Waals surface area contributed by atoms with Crippen LogP contribution in [-0.2, 0) is 22.6 Å². The summed E-state index contributed by atoms with van der Waals surface area (Å²) in [6, 6.07) is 24.8. The molecule has 154 valence electrons. The zero-order valence-corrected chi connectivity index (χ0v) is 17.7. The molecule has 0 radical (unpaired) electrons. The molecule has 3 aromatic carbocycles. The number of para-hydroxylation sites is 1. The lowest BCUT2D eigenvalue weighted by Crippen LogP contribution is -2.36. The Labute approximate surface area is 186 Å². The van der Waals surface area contributed by atoms with Crippen LogP contribution in [0.2, 0.25) is 5.02 Å². The van der Waals surface area contributed by atoms with Crippen molar-refractivity contribution in [3.8, 4) is 0 Å². The second kappa shape index (κ2) is 8.05. The van der Waals surface area contributed by atoms with Gasteiger partial charge in [-0.25, -0.2) is 0 Å². The van der Waals surface area contributed by atoms with Crippen molar-refractivity contribution in [1.82, 2.24) is 4.90 Å². The molecule has 31 heavy (non-hydrogen) atoms. The number of hydrogen-bond donors (Lipinski definition) is 0. The van der Waals surface area contributed by atoms with Crippen molar-refractivity contribution in [2.45, 2.75) is 19.4 Å². The molecule has 5 rings (SSSR count). The van der Waals surface area contributed by atoms with Crippen molar-refractivity contribution in [2.24, 2.45) is 0 Å². The first-order valence-electron chi connectivity index (χ1n) is 10.4. The van der Waals surface area contributed by atoms with Gasteiger partial charge in [0.05, 0.1) is 12.1 Å². The topological polar surface area (TPSA) is 40.6 Å². The van der Waals surface area contributed by atoms with Crippen LogP contribution in [0.3, 0.4) is 0 Å². The number of rotatable bonds is 4. The van der Waals surface area contributed by atoms with Gasteiger partial charge in [0.2, 0.25) is 0 Å². The summed E-state index contributed by atoms with van der Waals surface area (Å²) in [6.45, 7) is 0.917. The Morgan fingerprint density at radius 1 is 0.806 bits per heavy atom. The summed E-state index contributed by atoms with van der Waals surface area (Å²) < 4.78 is 0. The van der Waals surface area contributed by atoms with E-state index in [1.165, 1.54) is 10.5 Å². The van der Waals surface area contributed by atoms with E-state index in [2.05, 4.69) is 6.07 Å². The average molecular weight is 429 g/mol. The minimum absolute atomic E-state index is 0.212. The van der Waals surface area contributed by atoms with E-state index in [4.69, 9.17) is 11.6 Å². The largest absolute Gasteiger partial charge is 0.336 e. The van der Waals surface area contributed by atoms with Crippen molar-refractivity contribution in [3.05, 3.63) is 106 Å². The standard InChI is InChI=1S/C26H21ClN2O2/c27-21-14-12-18(13-15-21)17-29-25(30)23(20-8-2-1-3-9-20)24(26(29)31)28-16-6-10-19-7-4-5-11-22(19)28/h1-5,7-9,11-15H,6,10,16-17H2. The van der Waals surface area contributed by atoms with Crippen LogP contribution < -0.4 is 4.90 Å². The van der Waals surface area contributed by atoms with Gasteiger partial charge in [0.15, 0.2) is 0 Å². The molecular weight excluding hydrogens is 408 g/mol. The molecule has 0 N–H and O–H groups in total. The summed E-state index contributed by atoms with van der Waals surface area (Å²) in [6.07, 6.45) is 1.90. The number of nitrogens with zero attached hydrogens (tertiary/aromatic N) is 2. The molecule has 5 heteroatoms. The highest BCUT2D eigenvalue weighted by Crippen LogP contribution is 2.38. The minimum atomic E-state index is -0.260. The first-order valence-corrected chi connectivity index (χ1v) is 10.8. The van der Waals surface area contributed by atoms with Crippen molar-refractivity contribution >= 4 is 34.7 Å². The lowest BCUT2D eigenvalue weighted by molar-refractivity contribution is -0.137. The van der Waals surface area contributed by atoms with Crippen LogP contribution in [0.25, 0.3) is 5.57 Å². The van der Waals surface area contributed by atoms with Gasteiger partial charge in [0.25, 0.3) is 11.8 Å². The quantitative estimate of drug-likeness (QED) is 0.544. The maximum Gasteiger partial charge on any atom is 0.278 e. The molecular formula is C26H21ClN2O2. The molecule has 0 saturated heterocycles. The van der Waals surface area contributed by atoms with Gasteiger partial charge in [-0.3, -0.25) is 14.5 Å². The van der Waals surface area contributed by atoms with Crippen LogP contribution in [0.15, 0.2) is 84.6 Å². The van der Waals surface area contributed by atoms with Crippen LogP contribution in [0.4, 0.5) is 5.69 Å². The number of carbonyl (C=O) groups is 2. The van der Waals surface area contributed by atoms with E-state index in [0.717, 1.165) is 29.7 Å². The number of anilines is 1. The van der Waals surface area contributed by atoms with Gasteiger partial charge in [-0.05, 0) is 47.7 Å². The lowest BCUT2D eigenvalue weighted by Gasteiger charge is -2.32. The van der Waals surface area contributed by atoms with Gasteiger partial charge in [0, 0.05) is 17.3 Å². The monoisotopic (exact) mass is 428 g/mol. The fourth-order valence-electron chi connectivity index (χ4n) is 4.36. The van der Waals surface area contributed by atoms with E-state index >= 15 is 0 Å². The molecule has 2 aliphatic heterocycles. The van der Waals surface area contributed by atoms with E-state index in [-0.39, 0.29) is 18.4 Å². The molecule has 0 unspecified atom stereocenters. The van der Waals surface area contributed by atoms with Gasteiger partial charge in [-0.2, -0.15) is 0 Å². The SMILES string of the molecule is O=C1C(c2ccccc2)=C(N2CCCc3ccccc32)C(=O)N1Cc1ccc(Cl)cc1. The highest BCUT2D eigenvalue weighted by atomic mass is 35.5. The predicted octanol–water partition coefficient (Wildman–Crippen LogP) is 5.07. The Balaban J connectivity index is 1.60. The second-order valence-corrected chi connectivity index (χ2v) is 8.23. The number of amides is 2. The Hall–Kier alpha value is -3.37. The third-order valence-corrected chi connectivity index (χ3v) is 6.09. The van der Waals surface area contributed by atoms with Gasteiger partial charge < -0.3 is 4.90 Å². The maximum atomic E-state index is 13.7. The normalized spacial score (nSPS) is 16.2. The molecule has 4 nitrogen and oxygen atoms in total. The lowest BCUT2D eigenvalue weighted by atomic mass is 9.98. The van der Waals surface area contributed by atoms with Crippen molar-refractivity contribution in [3.63, 3.8) is 0 Å². The molecule has 0 spiro atoms. The number of aryl methyl sites for hydroxylation is 1. The number of hydrogen-bond acceptors (Lipinski definition) is 3. The molecule has 0 fully saturated rings. The average Bonchev–Trinajstić information content (AvgIpc) is 3.05. The zero-order chi connectivity index (χ0) is 21.4. The summed E-state index contributed by atoms with van der Waals surface area (Å²) in [5.74, 6) is -0.514. The number of benzene rings is 3. The van der Waals surface area contributed by atoms with Crippen LogP contribution in [0.5, 0.6) is 0 Å². The van der Waals surface area contributed by atoms with E-state index in [1.807, 2.05) is 65.6 Å². The van der Waals surface area contributed by atoms with Gasteiger partial charge >= 0.3 is 0 Å². The smallest absolute Gasteiger partial charge is 0.278 e. The minimum Gasteiger partial charge on any atom is -0.336 e. The second-order valence-electron chi connectivity index (χ2n) is 7.80. The van der Waals surface area contributed by atoms with Crippen LogP contribution >= 0.6 is 11.6 Å². The molecule has 2 amide bonds. The maximum absolute atomic E-state index is 13.7. The molecule has 0 atom stereocenters. The Kier molecular flexibility index (Phi) is 5.08. The van der Waals surface area contributed by atoms with Gasteiger partial charge in [0.1, 0.15) is 5.70 Å². The highest BCUT2D eigenvalue weighted by Gasteiger charge is 2.42. The van der Waals surface area contributed by atoms with Crippen molar-refractivity contribution in [1.29, 1.82) is 0 Å². The summed E-state index contributed by atoms with van der Waals surface area (Å²) in [5.41, 5.74) is 4.77. The fraction of sp³-hybridized carbons (Fsp3) is 0.154. The van der Waals surface area contributed by atoms with E-state index < -0.39 is 0 Å². The first kappa shape index (κ1) is 19.6. The van der Waals surface area contributed by atoms with E-state index in [9.17, 15) is 9.59 Å². The van der Waals surface area contributed by atoms with Crippen LogP contribution in [-0.4, -0.2) is 23.3 Å². The van der Waals surface area contributed by atoms with Crippen molar-refractivity contribution < 1.29 is 9.59 Å². The molecule has 0 aromatic heterocycles. The Morgan fingerprint density at radius 3 is 2.29 bits per heavy atom. The third kappa shape index (κ3) is 3.53.